The van der Waals surface area contributed by atoms with E-state index in [1.54, 1.807) is 0 Å². The van der Waals surface area contributed by atoms with E-state index < -0.39 is 5.41 Å². The smallest absolute Gasteiger partial charge is 0.242 e. The second-order valence-electron chi connectivity index (χ2n) is 4.20. The van der Waals surface area contributed by atoms with E-state index in [2.05, 4.69) is 10.6 Å². The lowest BCUT2D eigenvalue weighted by atomic mass is 9.76. The van der Waals surface area contributed by atoms with E-state index in [4.69, 9.17) is 12.2 Å². The van der Waals surface area contributed by atoms with Crippen molar-refractivity contribution >= 4 is 29.1 Å². The molecule has 1 heterocycles. The molecule has 1 aliphatic rings. The summed E-state index contributed by atoms with van der Waals surface area (Å²) in [5.41, 5.74) is -0.995. The number of rotatable bonds is 5. The van der Waals surface area contributed by atoms with Gasteiger partial charge in [-0.3, -0.25) is 9.59 Å². The van der Waals surface area contributed by atoms with Crippen LogP contribution in [0.25, 0.3) is 0 Å². The van der Waals surface area contributed by atoms with Gasteiger partial charge in [0.25, 0.3) is 0 Å². The minimum atomic E-state index is -0.995. The summed E-state index contributed by atoms with van der Waals surface area (Å²) in [6.45, 7) is 3.91. The molecule has 0 spiro atoms. The van der Waals surface area contributed by atoms with Crippen LogP contribution < -0.4 is 10.6 Å². The lowest BCUT2D eigenvalue weighted by molar-refractivity contribution is -0.144. The Labute approximate surface area is 107 Å². The van der Waals surface area contributed by atoms with Gasteiger partial charge in [-0.1, -0.05) is 31.9 Å². The molecule has 0 aromatic rings. The summed E-state index contributed by atoms with van der Waals surface area (Å²) in [6.07, 6.45) is 6.45. The van der Waals surface area contributed by atoms with Crippen LogP contribution in [0.15, 0.2) is 12.2 Å². The van der Waals surface area contributed by atoms with Crippen LogP contribution in [0, 0.1) is 5.41 Å². The molecule has 0 bridgehead atoms. The molecule has 17 heavy (non-hydrogen) atoms. The molecule has 0 atom stereocenters. The van der Waals surface area contributed by atoms with Crippen LogP contribution in [0.2, 0.25) is 0 Å². The molecule has 0 saturated carbocycles. The van der Waals surface area contributed by atoms with E-state index in [1.165, 1.54) is 0 Å². The van der Waals surface area contributed by atoms with Gasteiger partial charge in [0.2, 0.25) is 11.8 Å². The van der Waals surface area contributed by atoms with Crippen molar-refractivity contribution in [2.45, 2.75) is 39.5 Å². The Kier molecular flexibility index (Phi) is 4.81. The molecule has 2 N–H and O–H groups in total. The molecule has 0 radical (unpaired) electrons. The van der Waals surface area contributed by atoms with Crippen molar-refractivity contribution in [2.75, 3.05) is 0 Å². The Balaban J connectivity index is 2.97. The van der Waals surface area contributed by atoms with Crippen molar-refractivity contribution in [1.29, 1.82) is 0 Å². The second-order valence-corrected chi connectivity index (χ2v) is 4.60. The standard InChI is InChI=1S/C12H18N2O2S/c1-3-5-7-12(8-6-4-2)9(15)13-11(17)14-10(12)16/h3,5H,4,6-8H2,1-2H3,(H2,13,14,15,16,17)/b5-3+. The molecule has 0 aliphatic carbocycles. The van der Waals surface area contributed by atoms with E-state index >= 15 is 0 Å². The SMILES string of the molecule is C/C=C/CC1(CCCC)C(=O)NC(=S)NC1=O. The minimum absolute atomic E-state index is 0.104. The highest BCUT2D eigenvalue weighted by molar-refractivity contribution is 7.80. The van der Waals surface area contributed by atoms with Crippen LogP contribution >= 0.6 is 12.2 Å². The van der Waals surface area contributed by atoms with Crippen molar-refractivity contribution < 1.29 is 9.59 Å². The van der Waals surface area contributed by atoms with Gasteiger partial charge in [0.15, 0.2) is 5.11 Å². The van der Waals surface area contributed by atoms with E-state index in [0.29, 0.717) is 12.8 Å². The third kappa shape index (κ3) is 2.91. The number of thiocarbonyl (C=S) groups is 1. The molecular formula is C12H18N2O2S. The normalized spacial score (nSPS) is 19.3. The number of hydrogen-bond acceptors (Lipinski definition) is 3. The highest BCUT2D eigenvalue weighted by Crippen LogP contribution is 2.32. The summed E-state index contributed by atoms with van der Waals surface area (Å²) in [5.74, 6) is -0.560. The zero-order valence-electron chi connectivity index (χ0n) is 10.2. The zero-order chi connectivity index (χ0) is 12.9. The molecule has 94 valence electrons. The quantitative estimate of drug-likeness (QED) is 0.445. The van der Waals surface area contributed by atoms with Crippen molar-refractivity contribution in [2.24, 2.45) is 5.41 Å². The van der Waals surface area contributed by atoms with Gasteiger partial charge < -0.3 is 10.6 Å². The van der Waals surface area contributed by atoms with Crippen LogP contribution in [-0.2, 0) is 9.59 Å². The predicted molar refractivity (Wildman–Crippen MR) is 70.3 cm³/mol. The number of allylic oxidation sites excluding steroid dienone is 2. The first-order valence-electron chi connectivity index (χ1n) is 5.85. The molecule has 1 aliphatic heterocycles. The fraction of sp³-hybridized carbons (Fsp3) is 0.583. The van der Waals surface area contributed by atoms with Crippen LogP contribution in [0.3, 0.4) is 0 Å². The highest BCUT2D eigenvalue weighted by atomic mass is 32.1. The maximum Gasteiger partial charge on any atom is 0.242 e. The molecule has 1 saturated heterocycles. The molecule has 1 fully saturated rings. The first kappa shape index (κ1) is 13.8. The lowest BCUT2D eigenvalue weighted by Gasteiger charge is -2.34. The number of nitrogens with one attached hydrogen (secondary N) is 2. The molecular weight excluding hydrogens is 236 g/mol. The minimum Gasteiger partial charge on any atom is -0.302 e. The summed E-state index contributed by atoms with van der Waals surface area (Å²) in [7, 11) is 0. The van der Waals surface area contributed by atoms with E-state index in [1.807, 2.05) is 26.0 Å². The largest absolute Gasteiger partial charge is 0.302 e. The van der Waals surface area contributed by atoms with Gasteiger partial charge in [0.1, 0.15) is 5.41 Å². The maximum absolute atomic E-state index is 12.1. The van der Waals surface area contributed by atoms with Crippen molar-refractivity contribution in [3.63, 3.8) is 0 Å². The van der Waals surface area contributed by atoms with Gasteiger partial charge in [-0.2, -0.15) is 0 Å². The Morgan fingerprint density at radius 3 is 2.35 bits per heavy atom. The average molecular weight is 254 g/mol. The Morgan fingerprint density at radius 2 is 1.88 bits per heavy atom. The zero-order valence-corrected chi connectivity index (χ0v) is 11.0. The maximum atomic E-state index is 12.1. The van der Waals surface area contributed by atoms with E-state index in [9.17, 15) is 9.59 Å². The van der Waals surface area contributed by atoms with E-state index in [-0.39, 0.29) is 16.9 Å². The number of amides is 2. The third-order valence-electron chi connectivity index (χ3n) is 2.98. The number of unbranched alkanes of at least 4 members (excludes halogenated alkanes) is 1. The van der Waals surface area contributed by atoms with Crippen LogP contribution in [0.1, 0.15) is 39.5 Å². The molecule has 4 nitrogen and oxygen atoms in total. The molecule has 2 amide bonds. The van der Waals surface area contributed by atoms with Crippen molar-refractivity contribution in [3.8, 4) is 0 Å². The van der Waals surface area contributed by atoms with Gasteiger partial charge in [-0.15, -0.1) is 0 Å². The molecule has 1 rings (SSSR count). The summed E-state index contributed by atoms with van der Waals surface area (Å²) >= 11 is 4.81. The first-order chi connectivity index (χ1) is 8.06. The summed E-state index contributed by atoms with van der Waals surface area (Å²) < 4.78 is 0. The van der Waals surface area contributed by atoms with Gasteiger partial charge in [-0.05, 0) is 32.0 Å². The number of carbonyl (C=O) groups is 2. The Bertz CT molecular complexity index is 344. The summed E-state index contributed by atoms with van der Waals surface area (Å²) in [4.78, 5) is 24.1. The monoisotopic (exact) mass is 254 g/mol. The van der Waals surface area contributed by atoms with Crippen LogP contribution in [-0.4, -0.2) is 16.9 Å². The first-order valence-corrected chi connectivity index (χ1v) is 6.25. The van der Waals surface area contributed by atoms with E-state index in [0.717, 1.165) is 12.8 Å². The molecule has 0 aromatic carbocycles. The number of hydrogen-bond donors (Lipinski definition) is 2. The van der Waals surface area contributed by atoms with Crippen molar-refractivity contribution in [1.82, 2.24) is 10.6 Å². The molecule has 0 unspecified atom stereocenters. The van der Waals surface area contributed by atoms with Gasteiger partial charge in [0.05, 0.1) is 0 Å². The predicted octanol–water partition coefficient (Wildman–Crippen LogP) is 1.66. The van der Waals surface area contributed by atoms with Gasteiger partial charge >= 0.3 is 0 Å². The molecule has 5 heteroatoms. The second kappa shape index (κ2) is 5.91. The topological polar surface area (TPSA) is 58.2 Å². The van der Waals surface area contributed by atoms with Crippen LogP contribution in [0.5, 0.6) is 0 Å². The van der Waals surface area contributed by atoms with Crippen molar-refractivity contribution in [3.05, 3.63) is 12.2 Å². The molecule has 0 aromatic heterocycles. The lowest BCUT2D eigenvalue weighted by Crippen LogP contribution is -2.62. The third-order valence-corrected chi connectivity index (χ3v) is 3.19. The van der Waals surface area contributed by atoms with Gasteiger partial charge in [0, 0.05) is 0 Å². The average Bonchev–Trinajstić information content (AvgIpc) is 2.27. The number of carbonyl (C=O) groups excluding carboxylic acids is 2. The Hall–Kier alpha value is -1.23. The summed E-state index contributed by atoms with van der Waals surface area (Å²) in [5, 5.41) is 5.19. The fourth-order valence-electron chi connectivity index (χ4n) is 1.89. The fourth-order valence-corrected chi connectivity index (χ4v) is 2.08. The Morgan fingerprint density at radius 1 is 1.29 bits per heavy atom. The summed E-state index contributed by atoms with van der Waals surface area (Å²) in [6, 6.07) is 0. The highest BCUT2D eigenvalue weighted by Gasteiger charge is 2.47. The van der Waals surface area contributed by atoms with Crippen LogP contribution in [0.4, 0.5) is 0 Å². The van der Waals surface area contributed by atoms with Gasteiger partial charge in [-0.25, -0.2) is 0 Å².